The zero-order chi connectivity index (χ0) is 20.9. The highest BCUT2D eigenvalue weighted by Gasteiger charge is 2.22. The molecule has 0 aliphatic rings. The Hall–Kier alpha value is -3.51. The Balaban J connectivity index is 1.73. The highest BCUT2D eigenvalue weighted by atomic mass is 35.5. The molecule has 1 N–H and O–H groups in total. The molecule has 4 aromatic rings. The number of ether oxygens (including phenoxy) is 2. The van der Waals surface area contributed by atoms with Crippen molar-refractivity contribution >= 4 is 17.3 Å². The molecule has 30 heavy (non-hydrogen) atoms. The number of hydrogen-bond acceptors (Lipinski definition) is 6. The quantitative estimate of drug-likeness (QED) is 0.418. The van der Waals surface area contributed by atoms with Crippen LogP contribution in [0.5, 0.6) is 11.5 Å². The summed E-state index contributed by atoms with van der Waals surface area (Å²) in [6, 6.07) is 22.3. The molecule has 0 unspecified atom stereocenters. The molecule has 0 bridgehead atoms. The summed E-state index contributed by atoms with van der Waals surface area (Å²) in [5.41, 5.74) is 2.56. The molecule has 6 nitrogen and oxygen atoms in total. The van der Waals surface area contributed by atoms with Gasteiger partial charge in [0.2, 0.25) is 11.8 Å². The van der Waals surface area contributed by atoms with Crippen molar-refractivity contribution in [2.45, 2.75) is 6.04 Å². The minimum absolute atomic E-state index is 0.399. The fourth-order valence-corrected chi connectivity index (χ4v) is 3.17. The minimum Gasteiger partial charge on any atom is -0.497 e. The third-order valence-corrected chi connectivity index (χ3v) is 4.83. The predicted octanol–water partition coefficient (Wildman–Crippen LogP) is 5.61. The van der Waals surface area contributed by atoms with Gasteiger partial charge in [0, 0.05) is 34.5 Å². The molecule has 1 atom stereocenters. The van der Waals surface area contributed by atoms with Crippen molar-refractivity contribution in [3.63, 3.8) is 0 Å². The van der Waals surface area contributed by atoms with Gasteiger partial charge in [-0.25, -0.2) is 0 Å². The smallest absolute Gasteiger partial charge is 0.247 e. The second-order valence-electron chi connectivity index (χ2n) is 6.54. The molecule has 4 rings (SSSR count). The summed E-state index contributed by atoms with van der Waals surface area (Å²) in [6.07, 6.45) is 0. The summed E-state index contributed by atoms with van der Waals surface area (Å²) >= 11 is 6.08. The lowest BCUT2D eigenvalue weighted by Crippen LogP contribution is -2.13. The van der Waals surface area contributed by atoms with E-state index in [0.717, 1.165) is 16.8 Å². The molecular formula is C23H20ClN3O3. The molecule has 1 heterocycles. The molecule has 0 fully saturated rings. The van der Waals surface area contributed by atoms with Crippen molar-refractivity contribution < 1.29 is 13.9 Å². The summed E-state index contributed by atoms with van der Waals surface area (Å²) in [7, 11) is 3.22. The van der Waals surface area contributed by atoms with E-state index in [1.165, 1.54) is 0 Å². The molecule has 0 spiro atoms. The van der Waals surface area contributed by atoms with E-state index in [-0.39, 0.29) is 0 Å². The van der Waals surface area contributed by atoms with Gasteiger partial charge in [0.05, 0.1) is 14.2 Å². The predicted molar refractivity (Wildman–Crippen MR) is 116 cm³/mol. The second-order valence-corrected chi connectivity index (χ2v) is 6.98. The van der Waals surface area contributed by atoms with E-state index < -0.39 is 6.04 Å². The number of anilines is 1. The average molecular weight is 422 g/mol. The van der Waals surface area contributed by atoms with Crippen LogP contribution in [0.3, 0.4) is 0 Å². The average Bonchev–Trinajstić information content (AvgIpc) is 3.28. The maximum atomic E-state index is 6.08. The Kier molecular flexibility index (Phi) is 5.86. The Labute approximate surface area is 179 Å². The Morgan fingerprint density at radius 2 is 1.53 bits per heavy atom. The van der Waals surface area contributed by atoms with Crippen LogP contribution in [0.4, 0.5) is 5.69 Å². The van der Waals surface area contributed by atoms with E-state index in [9.17, 15) is 0 Å². The summed E-state index contributed by atoms with van der Waals surface area (Å²) < 4.78 is 16.8. The van der Waals surface area contributed by atoms with E-state index in [1.54, 1.807) is 14.2 Å². The number of nitrogens with one attached hydrogen (secondary N) is 1. The first-order valence-corrected chi connectivity index (χ1v) is 9.68. The largest absolute Gasteiger partial charge is 0.497 e. The van der Waals surface area contributed by atoms with Gasteiger partial charge in [-0.3, -0.25) is 0 Å². The summed E-state index contributed by atoms with van der Waals surface area (Å²) in [6.45, 7) is 0. The first kappa shape index (κ1) is 19.8. The zero-order valence-corrected chi connectivity index (χ0v) is 17.3. The molecule has 152 valence electrons. The number of nitrogens with zero attached hydrogens (tertiary/aromatic N) is 2. The normalized spacial score (nSPS) is 11.7. The monoisotopic (exact) mass is 421 g/mol. The minimum atomic E-state index is -0.399. The van der Waals surface area contributed by atoms with Crippen LogP contribution in [0.2, 0.25) is 5.02 Å². The molecule has 0 saturated heterocycles. The van der Waals surface area contributed by atoms with Gasteiger partial charge in [0.1, 0.15) is 17.5 Å². The number of halogens is 1. The lowest BCUT2D eigenvalue weighted by Gasteiger charge is -2.18. The van der Waals surface area contributed by atoms with Crippen molar-refractivity contribution in [1.82, 2.24) is 10.2 Å². The van der Waals surface area contributed by atoms with Gasteiger partial charge in [-0.1, -0.05) is 41.9 Å². The van der Waals surface area contributed by atoms with Gasteiger partial charge in [0.25, 0.3) is 0 Å². The zero-order valence-electron chi connectivity index (χ0n) is 16.5. The van der Waals surface area contributed by atoms with Crippen molar-refractivity contribution in [3.05, 3.63) is 89.3 Å². The van der Waals surface area contributed by atoms with Crippen LogP contribution in [-0.2, 0) is 0 Å². The number of methoxy groups -OCH3 is 2. The second kappa shape index (κ2) is 8.88. The Bertz CT molecular complexity index is 1090. The number of benzene rings is 3. The van der Waals surface area contributed by atoms with Gasteiger partial charge in [0.15, 0.2) is 0 Å². The molecule has 0 radical (unpaired) electrons. The Morgan fingerprint density at radius 1 is 0.867 bits per heavy atom. The number of rotatable bonds is 7. The first-order valence-electron chi connectivity index (χ1n) is 9.30. The summed E-state index contributed by atoms with van der Waals surface area (Å²) in [4.78, 5) is 0. The van der Waals surface area contributed by atoms with Crippen LogP contribution >= 0.6 is 11.6 Å². The topological polar surface area (TPSA) is 69.4 Å². The molecule has 0 aliphatic heterocycles. The van der Waals surface area contributed by atoms with Crippen LogP contribution < -0.4 is 14.8 Å². The van der Waals surface area contributed by atoms with Crippen molar-refractivity contribution in [2.75, 3.05) is 19.5 Å². The highest BCUT2D eigenvalue weighted by molar-refractivity contribution is 6.30. The molecular weight excluding hydrogens is 402 g/mol. The maximum absolute atomic E-state index is 6.08. The van der Waals surface area contributed by atoms with Gasteiger partial charge >= 0.3 is 0 Å². The van der Waals surface area contributed by atoms with E-state index in [4.69, 9.17) is 25.5 Å². The highest BCUT2D eigenvalue weighted by Crippen LogP contribution is 2.32. The Morgan fingerprint density at radius 3 is 2.17 bits per heavy atom. The molecule has 0 amide bonds. The molecule has 0 aliphatic carbocycles. The van der Waals surface area contributed by atoms with E-state index >= 15 is 0 Å². The van der Waals surface area contributed by atoms with Crippen molar-refractivity contribution in [2.24, 2.45) is 0 Å². The van der Waals surface area contributed by atoms with Gasteiger partial charge < -0.3 is 19.2 Å². The third kappa shape index (κ3) is 4.39. The fourth-order valence-electron chi connectivity index (χ4n) is 3.05. The first-order chi connectivity index (χ1) is 14.7. The molecule has 7 heteroatoms. The standard InChI is InChI=1S/C23H20ClN3O3/c1-28-19-12-18(13-20(14-19)29-2)25-21(15-8-10-17(24)11-9-15)23-27-26-22(30-23)16-6-4-3-5-7-16/h3-14,21,25H,1-2H3/t21-/m0/s1. The van der Waals surface area contributed by atoms with Crippen LogP contribution in [0.15, 0.2) is 77.2 Å². The fraction of sp³-hybridized carbons (Fsp3) is 0.130. The summed E-state index contributed by atoms with van der Waals surface area (Å²) in [5.74, 6) is 2.22. The van der Waals surface area contributed by atoms with E-state index in [2.05, 4.69) is 15.5 Å². The summed E-state index contributed by atoms with van der Waals surface area (Å²) in [5, 5.41) is 12.6. The molecule has 3 aromatic carbocycles. The number of aromatic nitrogens is 2. The van der Waals surface area contributed by atoms with Crippen LogP contribution in [0.1, 0.15) is 17.5 Å². The van der Waals surface area contributed by atoms with E-state index in [0.29, 0.717) is 28.3 Å². The van der Waals surface area contributed by atoms with Gasteiger partial charge in [-0.05, 0) is 29.8 Å². The third-order valence-electron chi connectivity index (χ3n) is 4.57. The SMILES string of the molecule is COc1cc(N[C@@H](c2ccc(Cl)cc2)c2nnc(-c3ccccc3)o2)cc(OC)c1. The van der Waals surface area contributed by atoms with Crippen LogP contribution in [0, 0.1) is 0 Å². The van der Waals surface area contributed by atoms with Crippen molar-refractivity contribution in [1.29, 1.82) is 0 Å². The van der Waals surface area contributed by atoms with Gasteiger partial charge in [-0.2, -0.15) is 0 Å². The van der Waals surface area contributed by atoms with Crippen LogP contribution in [0.25, 0.3) is 11.5 Å². The van der Waals surface area contributed by atoms with E-state index in [1.807, 2.05) is 72.8 Å². The lowest BCUT2D eigenvalue weighted by molar-refractivity contribution is 0.394. The van der Waals surface area contributed by atoms with Crippen molar-refractivity contribution in [3.8, 4) is 23.0 Å². The maximum Gasteiger partial charge on any atom is 0.247 e. The number of hydrogen-bond donors (Lipinski definition) is 1. The molecule has 0 saturated carbocycles. The molecule has 1 aromatic heterocycles. The lowest BCUT2D eigenvalue weighted by atomic mass is 10.1. The van der Waals surface area contributed by atoms with Crippen LogP contribution in [-0.4, -0.2) is 24.4 Å². The van der Waals surface area contributed by atoms with Gasteiger partial charge in [-0.15, -0.1) is 10.2 Å².